The lowest BCUT2D eigenvalue weighted by Gasteiger charge is -2.08. The monoisotopic (exact) mass is 176 g/mol. The van der Waals surface area contributed by atoms with Gasteiger partial charge in [-0.1, -0.05) is 0 Å². The van der Waals surface area contributed by atoms with Crippen LogP contribution in [0.1, 0.15) is 13.3 Å². The number of hydrogen-bond acceptors (Lipinski definition) is 5. The molecule has 70 valence electrons. The molecule has 0 amide bonds. The van der Waals surface area contributed by atoms with E-state index < -0.39 is 18.0 Å². The molecule has 0 heterocycles. The zero-order valence-electron chi connectivity index (χ0n) is 7.07. The summed E-state index contributed by atoms with van der Waals surface area (Å²) in [6.07, 6.45) is -1.15. The van der Waals surface area contributed by atoms with Crippen molar-refractivity contribution >= 4 is 11.9 Å². The number of hydrogen-bond donors (Lipinski definition) is 1. The van der Waals surface area contributed by atoms with Crippen LogP contribution in [0, 0.1) is 0 Å². The molecule has 0 aromatic carbocycles. The first-order valence-electron chi connectivity index (χ1n) is 3.44. The van der Waals surface area contributed by atoms with Gasteiger partial charge in [-0.25, -0.2) is 0 Å². The lowest BCUT2D eigenvalue weighted by atomic mass is 10.3. The van der Waals surface area contributed by atoms with Gasteiger partial charge in [0.25, 0.3) is 0 Å². The van der Waals surface area contributed by atoms with E-state index in [1.165, 1.54) is 14.0 Å². The normalized spacial score (nSPS) is 11.9. The van der Waals surface area contributed by atoms with Gasteiger partial charge in [0, 0.05) is 6.92 Å². The highest BCUT2D eigenvalue weighted by molar-refractivity contribution is 5.70. The number of aliphatic hydroxyl groups excluding tert-OH is 1. The molecule has 0 saturated carbocycles. The molecule has 12 heavy (non-hydrogen) atoms. The SMILES string of the molecule is COC(=O)C[C@@H](O)COC(C)=O. The molecule has 0 aliphatic heterocycles. The van der Waals surface area contributed by atoms with Gasteiger partial charge in [0.05, 0.1) is 19.6 Å². The molecule has 0 aromatic heterocycles. The Balaban J connectivity index is 3.52. The Morgan fingerprint density at radius 3 is 2.50 bits per heavy atom. The molecule has 0 radical (unpaired) electrons. The fraction of sp³-hybridized carbons (Fsp3) is 0.714. The van der Waals surface area contributed by atoms with Crippen LogP contribution in [0.3, 0.4) is 0 Å². The Hall–Kier alpha value is -1.10. The Kier molecular flexibility index (Phi) is 5.03. The minimum absolute atomic E-state index is 0.163. The lowest BCUT2D eigenvalue weighted by Crippen LogP contribution is -2.21. The fourth-order valence-corrected chi connectivity index (χ4v) is 0.548. The van der Waals surface area contributed by atoms with Gasteiger partial charge >= 0.3 is 11.9 Å². The molecule has 5 nitrogen and oxygen atoms in total. The molecular weight excluding hydrogens is 164 g/mol. The van der Waals surface area contributed by atoms with Crippen molar-refractivity contribution in [3.8, 4) is 0 Å². The van der Waals surface area contributed by atoms with Gasteiger partial charge in [-0.2, -0.15) is 0 Å². The van der Waals surface area contributed by atoms with Gasteiger partial charge in [0.15, 0.2) is 0 Å². The highest BCUT2D eigenvalue weighted by Gasteiger charge is 2.11. The van der Waals surface area contributed by atoms with Crippen molar-refractivity contribution in [1.82, 2.24) is 0 Å². The van der Waals surface area contributed by atoms with Crippen LogP contribution in [0.4, 0.5) is 0 Å². The molecule has 0 spiro atoms. The van der Waals surface area contributed by atoms with Crippen LogP contribution >= 0.6 is 0 Å². The predicted octanol–water partition coefficient (Wildman–Crippen LogP) is -0.527. The van der Waals surface area contributed by atoms with Gasteiger partial charge < -0.3 is 14.6 Å². The maximum atomic E-state index is 10.5. The van der Waals surface area contributed by atoms with E-state index in [9.17, 15) is 9.59 Å². The lowest BCUT2D eigenvalue weighted by molar-refractivity contribution is -0.149. The van der Waals surface area contributed by atoms with Crippen molar-refractivity contribution in [2.75, 3.05) is 13.7 Å². The first-order chi connectivity index (χ1) is 5.56. The molecule has 0 fully saturated rings. The summed E-state index contributed by atoms with van der Waals surface area (Å²) < 4.78 is 8.74. The summed E-state index contributed by atoms with van der Waals surface area (Å²) in [5.41, 5.74) is 0. The van der Waals surface area contributed by atoms with Crippen molar-refractivity contribution < 1.29 is 24.2 Å². The average molecular weight is 176 g/mol. The molecule has 5 heteroatoms. The predicted molar refractivity (Wildman–Crippen MR) is 39.3 cm³/mol. The van der Waals surface area contributed by atoms with Crippen molar-refractivity contribution in [3.05, 3.63) is 0 Å². The largest absolute Gasteiger partial charge is 0.469 e. The first kappa shape index (κ1) is 10.9. The molecule has 0 aliphatic carbocycles. The van der Waals surface area contributed by atoms with Gasteiger partial charge in [0.2, 0.25) is 0 Å². The van der Waals surface area contributed by atoms with Crippen LogP contribution in [-0.4, -0.2) is 36.9 Å². The third kappa shape index (κ3) is 5.67. The van der Waals surface area contributed by atoms with Crippen molar-refractivity contribution in [1.29, 1.82) is 0 Å². The summed E-state index contributed by atoms with van der Waals surface area (Å²) in [5, 5.41) is 9.02. The fourth-order valence-electron chi connectivity index (χ4n) is 0.548. The number of aliphatic hydroxyl groups is 1. The van der Waals surface area contributed by atoms with E-state index >= 15 is 0 Å². The molecule has 1 N–H and O–H groups in total. The van der Waals surface area contributed by atoms with Crippen LogP contribution in [0.2, 0.25) is 0 Å². The summed E-state index contributed by atoms with van der Waals surface area (Å²) >= 11 is 0. The van der Waals surface area contributed by atoms with Crippen molar-refractivity contribution in [2.45, 2.75) is 19.4 Å². The summed E-state index contributed by atoms with van der Waals surface area (Å²) in [5.74, 6) is -1.02. The molecule has 1 atom stereocenters. The molecule has 0 rings (SSSR count). The second-order valence-corrected chi connectivity index (χ2v) is 2.24. The van der Waals surface area contributed by atoms with E-state index in [0.29, 0.717) is 0 Å². The third-order valence-corrected chi connectivity index (χ3v) is 1.11. The van der Waals surface area contributed by atoms with Gasteiger partial charge in [-0.3, -0.25) is 9.59 Å². The van der Waals surface area contributed by atoms with E-state index in [0.717, 1.165) is 0 Å². The van der Waals surface area contributed by atoms with E-state index in [2.05, 4.69) is 9.47 Å². The molecule has 0 unspecified atom stereocenters. The van der Waals surface area contributed by atoms with E-state index in [4.69, 9.17) is 5.11 Å². The third-order valence-electron chi connectivity index (χ3n) is 1.11. The van der Waals surface area contributed by atoms with Crippen LogP contribution < -0.4 is 0 Å². The number of ether oxygens (including phenoxy) is 2. The standard InChI is InChI=1S/C7H12O5/c1-5(8)12-4-6(9)3-7(10)11-2/h6,9H,3-4H2,1-2H3/t6-/m1/s1. The Morgan fingerprint density at radius 1 is 1.50 bits per heavy atom. The van der Waals surface area contributed by atoms with Crippen molar-refractivity contribution in [2.24, 2.45) is 0 Å². The minimum atomic E-state index is -0.985. The second kappa shape index (κ2) is 5.54. The quantitative estimate of drug-likeness (QED) is 0.583. The topological polar surface area (TPSA) is 72.8 Å². The number of methoxy groups -OCH3 is 1. The van der Waals surface area contributed by atoms with Crippen LogP contribution in [0.5, 0.6) is 0 Å². The van der Waals surface area contributed by atoms with Gasteiger partial charge in [0.1, 0.15) is 6.61 Å². The zero-order chi connectivity index (χ0) is 9.56. The Morgan fingerprint density at radius 2 is 2.08 bits per heavy atom. The van der Waals surface area contributed by atoms with E-state index in [1.54, 1.807) is 0 Å². The maximum Gasteiger partial charge on any atom is 0.308 e. The van der Waals surface area contributed by atoms with Crippen LogP contribution in [-0.2, 0) is 19.1 Å². The van der Waals surface area contributed by atoms with E-state index in [1.807, 2.05) is 0 Å². The average Bonchev–Trinajstić information content (AvgIpc) is 2.00. The van der Waals surface area contributed by atoms with Crippen molar-refractivity contribution in [3.63, 3.8) is 0 Å². The second-order valence-electron chi connectivity index (χ2n) is 2.24. The number of rotatable bonds is 4. The number of esters is 2. The summed E-state index contributed by atoms with van der Waals surface area (Å²) in [4.78, 5) is 20.8. The van der Waals surface area contributed by atoms with Gasteiger partial charge in [-0.05, 0) is 0 Å². The van der Waals surface area contributed by atoms with Gasteiger partial charge in [-0.15, -0.1) is 0 Å². The van der Waals surface area contributed by atoms with Crippen LogP contribution in [0.15, 0.2) is 0 Å². The summed E-state index contributed by atoms with van der Waals surface area (Å²) in [6, 6.07) is 0. The zero-order valence-corrected chi connectivity index (χ0v) is 7.07. The highest BCUT2D eigenvalue weighted by atomic mass is 16.5. The minimum Gasteiger partial charge on any atom is -0.469 e. The molecule has 0 saturated heterocycles. The highest BCUT2D eigenvalue weighted by Crippen LogP contribution is 1.94. The molecule has 0 aliphatic rings. The molecular formula is C7H12O5. The Bertz CT molecular complexity index is 165. The maximum absolute atomic E-state index is 10.5. The smallest absolute Gasteiger partial charge is 0.308 e. The van der Waals surface area contributed by atoms with Crippen LogP contribution in [0.25, 0.3) is 0 Å². The number of carbonyl (C=O) groups is 2. The van der Waals surface area contributed by atoms with E-state index in [-0.39, 0.29) is 13.0 Å². The number of carbonyl (C=O) groups excluding carboxylic acids is 2. The Labute approximate surface area is 70.3 Å². The summed E-state index contributed by atoms with van der Waals surface area (Å²) in [6.45, 7) is 1.05. The molecule has 0 bridgehead atoms. The summed E-state index contributed by atoms with van der Waals surface area (Å²) in [7, 11) is 1.22. The molecule has 0 aromatic rings. The first-order valence-corrected chi connectivity index (χ1v) is 3.44.